The quantitative estimate of drug-likeness (QED) is 0.579. The Labute approximate surface area is 102 Å². The van der Waals surface area contributed by atoms with Gasteiger partial charge >= 0.3 is 0 Å². The van der Waals surface area contributed by atoms with E-state index in [1.807, 2.05) is 26.0 Å². The van der Waals surface area contributed by atoms with Crippen molar-refractivity contribution in [2.24, 2.45) is 0 Å². The summed E-state index contributed by atoms with van der Waals surface area (Å²) in [5.74, 6) is 0.00197. The molecule has 1 aromatic carbocycles. The predicted molar refractivity (Wildman–Crippen MR) is 68.7 cm³/mol. The van der Waals surface area contributed by atoms with E-state index in [0.29, 0.717) is 25.3 Å². The van der Waals surface area contributed by atoms with Crippen LogP contribution in [0.3, 0.4) is 0 Å². The van der Waals surface area contributed by atoms with E-state index in [0.717, 1.165) is 5.56 Å². The molecule has 1 aromatic rings. The lowest BCUT2D eigenvalue weighted by atomic mass is 10.1. The van der Waals surface area contributed by atoms with Crippen LogP contribution in [0.4, 0.5) is 5.69 Å². The van der Waals surface area contributed by atoms with Gasteiger partial charge in [-0.25, -0.2) is 0 Å². The van der Waals surface area contributed by atoms with Gasteiger partial charge in [-0.1, -0.05) is 12.1 Å². The maximum atomic E-state index is 11.5. The van der Waals surface area contributed by atoms with Gasteiger partial charge in [-0.2, -0.15) is 0 Å². The highest BCUT2D eigenvalue weighted by atomic mass is 16.5. The molecule has 3 N–H and O–H groups in total. The molecule has 0 aliphatic rings. The molecule has 17 heavy (non-hydrogen) atoms. The summed E-state index contributed by atoms with van der Waals surface area (Å²) in [6.45, 7) is 5.03. The van der Waals surface area contributed by atoms with Crippen molar-refractivity contribution >= 4 is 11.6 Å². The van der Waals surface area contributed by atoms with E-state index in [1.165, 1.54) is 0 Å². The van der Waals surface area contributed by atoms with Crippen molar-refractivity contribution in [3.63, 3.8) is 0 Å². The summed E-state index contributed by atoms with van der Waals surface area (Å²) in [4.78, 5) is 11.5. The van der Waals surface area contributed by atoms with Gasteiger partial charge in [-0.05, 0) is 31.5 Å². The zero-order valence-corrected chi connectivity index (χ0v) is 10.4. The third-order valence-corrected chi connectivity index (χ3v) is 2.22. The van der Waals surface area contributed by atoms with Crippen molar-refractivity contribution in [1.29, 1.82) is 0 Å². The minimum Gasteiger partial charge on any atom is -0.399 e. The SMILES string of the molecule is CC(C)OCCNC(=O)Cc1ccc(N)cc1. The lowest BCUT2D eigenvalue weighted by Crippen LogP contribution is -2.29. The molecule has 0 aliphatic carbocycles. The number of benzene rings is 1. The number of hydrogen-bond acceptors (Lipinski definition) is 3. The predicted octanol–water partition coefficient (Wildman–Crippen LogP) is 1.35. The number of ether oxygens (including phenoxy) is 1. The number of rotatable bonds is 6. The smallest absolute Gasteiger partial charge is 0.224 e. The number of nitrogens with two attached hydrogens (primary N) is 1. The first-order valence-electron chi connectivity index (χ1n) is 5.80. The highest BCUT2D eigenvalue weighted by molar-refractivity contribution is 5.78. The van der Waals surface area contributed by atoms with Crippen LogP contribution in [0.1, 0.15) is 19.4 Å². The molecule has 0 aromatic heterocycles. The average Bonchev–Trinajstić information content (AvgIpc) is 2.27. The Morgan fingerprint density at radius 1 is 1.35 bits per heavy atom. The van der Waals surface area contributed by atoms with Gasteiger partial charge in [0.1, 0.15) is 0 Å². The molecule has 1 amide bonds. The highest BCUT2D eigenvalue weighted by Crippen LogP contribution is 2.05. The molecule has 94 valence electrons. The van der Waals surface area contributed by atoms with Crippen LogP contribution < -0.4 is 11.1 Å². The minimum absolute atomic E-state index is 0.00197. The van der Waals surface area contributed by atoms with Crippen LogP contribution >= 0.6 is 0 Å². The monoisotopic (exact) mass is 236 g/mol. The lowest BCUT2D eigenvalue weighted by molar-refractivity contribution is -0.120. The van der Waals surface area contributed by atoms with Gasteiger partial charge in [0, 0.05) is 12.2 Å². The second kappa shape index (κ2) is 6.91. The van der Waals surface area contributed by atoms with E-state index in [4.69, 9.17) is 10.5 Å². The molecule has 4 heteroatoms. The number of anilines is 1. The molecular weight excluding hydrogens is 216 g/mol. The van der Waals surface area contributed by atoms with Crippen molar-refractivity contribution < 1.29 is 9.53 Å². The third kappa shape index (κ3) is 5.92. The van der Waals surface area contributed by atoms with Crippen molar-refractivity contribution in [1.82, 2.24) is 5.32 Å². The van der Waals surface area contributed by atoms with Crippen molar-refractivity contribution in [2.75, 3.05) is 18.9 Å². The van der Waals surface area contributed by atoms with Crippen LogP contribution in [0.5, 0.6) is 0 Å². The van der Waals surface area contributed by atoms with Crippen molar-refractivity contribution in [3.8, 4) is 0 Å². The van der Waals surface area contributed by atoms with Gasteiger partial charge in [0.15, 0.2) is 0 Å². The fourth-order valence-electron chi connectivity index (χ4n) is 1.37. The minimum atomic E-state index is 0.00197. The second-order valence-corrected chi connectivity index (χ2v) is 4.19. The van der Waals surface area contributed by atoms with Crippen molar-refractivity contribution in [2.45, 2.75) is 26.4 Å². The molecule has 0 radical (unpaired) electrons. The Kier molecular flexibility index (Phi) is 5.49. The van der Waals surface area contributed by atoms with Crippen LogP contribution in [-0.4, -0.2) is 25.2 Å². The molecule has 0 heterocycles. The molecule has 0 atom stereocenters. The zero-order valence-electron chi connectivity index (χ0n) is 10.4. The van der Waals surface area contributed by atoms with E-state index in [2.05, 4.69) is 5.32 Å². The summed E-state index contributed by atoms with van der Waals surface area (Å²) in [7, 11) is 0. The fourth-order valence-corrected chi connectivity index (χ4v) is 1.37. The van der Waals surface area contributed by atoms with Crippen LogP contribution in [-0.2, 0) is 16.0 Å². The van der Waals surface area contributed by atoms with Gasteiger partial charge in [-0.3, -0.25) is 4.79 Å². The normalized spacial score (nSPS) is 10.5. The largest absolute Gasteiger partial charge is 0.399 e. The molecule has 0 aliphatic heterocycles. The van der Waals surface area contributed by atoms with Crippen molar-refractivity contribution in [3.05, 3.63) is 29.8 Å². The van der Waals surface area contributed by atoms with Crippen LogP contribution in [0, 0.1) is 0 Å². The Morgan fingerprint density at radius 3 is 2.59 bits per heavy atom. The number of hydrogen-bond donors (Lipinski definition) is 2. The summed E-state index contributed by atoms with van der Waals surface area (Å²) in [5, 5.41) is 2.81. The van der Waals surface area contributed by atoms with E-state index >= 15 is 0 Å². The molecule has 0 saturated carbocycles. The third-order valence-electron chi connectivity index (χ3n) is 2.22. The molecule has 0 saturated heterocycles. The molecule has 4 nitrogen and oxygen atoms in total. The molecule has 0 fully saturated rings. The van der Waals surface area contributed by atoms with Gasteiger partial charge in [0.05, 0.1) is 19.1 Å². The van der Waals surface area contributed by atoms with Crippen LogP contribution in [0.2, 0.25) is 0 Å². The maximum Gasteiger partial charge on any atom is 0.224 e. The number of nitrogen functional groups attached to an aromatic ring is 1. The molecule has 0 unspecified atom stereocenters. The Hall–Kier alpha value is -1.55. The zero-order chi connectivity index (χ0) is 12.7. The number of carbonyl (C=O) groups excluding carboxylic acids is 1. The second-order valence-electron chi connectivity index (χ2n) is 4.19. The van der Waals surface area contributed by atoms with E-state index in [-0.39, 0.29) is 12.0 Å². The van der Waals surface area contributed by atoms with E-state index in [1.54, 1.807) is 12.1 Å². The van der Waals surface area contributed by atoms with Gasteiger partial charge in [-0.15, -0.1) is 0 Å². The summed E-state index contributed by atoms with van der Waals surface area (Å²) < 4.78 is 5.33. The fraction of sp³-hybridized carbons (Fsp3) is 0.462. The first kappa shape index (κ1) is 13.5. The summed E-state index contributed by atoms with van der Waals surface area (Å²) in [6, 6.07) is 7.31. The van der Waals surface area contributed by atoms with Gasteiger partial charge in [0.25, 0.3) is 0 Å². The molecule has 1 rings (SSSR count). The maximum absolute atomic E-state index is 11.5. The topological polar surface area (TPSA) is 64.3 Å². The lowest BCUT2D eigenvalue weighted by Gasteiger charge is -2.08. The number of carbonyl (C=O) groups is 1. The van der Waals surface area contributed by atoms with Gasteiger partial charge < -0.3 is 15.8 Å². The number of amides is 1. The van der Waals surface area contributed by atoms with E-state index in [9.17, 15) is 4.79 Å². The van der Waals surface area contributed by atoms with Gasteiger partial charge in [0.2, 0.25) is 5.91 Å². The first-order valence-corrected chi connectivity index (χ1v) is 5.80. The molecular formula is C13H20N2O2. The average molecular weight is 236 g/mol. The number of nitrogens with one attached hydrogen (secondary N) is 1. The highest BCUT2D eigenvalue weighted by Gasteiger charge is 2.02. The van der Waals surface area contributed by atoms with E-state index < -0.39 is 0 Å². The molecule has 0 bridgehead atoms. The standard InChI is InChI=1S/C13H20N2O2/c1-10(2)17-8-7-15-13(16)9-11-3-5-12(14)6-4-11/h3-6,10H,7-9,14H2,1-2H3,(H,15,16). The van der Waals surface area contributed by atoms with Crippen LogP contribution in [0.25, 0.3) is 0 Å². The molecule has 0 spiro atoms. The summed E-state index contributed by atoms with van der Waals surface area (Å²) in [6.07, 6.45) is 0.575. The Balaban J connectivity index is 2.23. The first-order chi connectivity index (χ1) is 8.08. The van der Waals surface area contributed by atoms with Crippen LogP contribution in [0.15, 0.2) is 24.3 Å². The summed E-state index contributed by atoms with van der Waals surface area (Å²) >= 11 is 0. The Morgan fingerprint density at radius 2 is 2.00 bits per heavy atom. The summed E-state index contributed by atoms with van der Waals surface area (Å²) in [5.41, 5.74) is 7.23. The Bertz CT molecular complexity index is 347.